The zero-order valence-electron chi connectivity index (χ0n) is 10.6. The molecule has 2 saturated carbocycles. The highest BCUT2D eigenvalue weighted by Gasteiger charge is 2.36. The number of hydrogen-bond donors (Lipinski definition) is 1. The molecule has 0 saturated heterocycles. The van der Waals surface area contributed by atoms with Gasteiger partial charge in [0.1, 0.15) is 5.82 Å². The topological polar surface area (TPSA) is 43.8 Å². The molecule has 3 heteroatoms. The quantitative estimate of drug-likeness (QED) is 0.898. The Hall–Kier alpha value is -1.35. The lowest BCUT2D eigenvalue weighted by atomic mass is 9.75. The summed E-state index contributed by atoms with van der Waals surface area (Å²) in [6, 6.07) is 9.15. The number of nitrogens with two attached hydrogens (primary N) is 1. The van der Waals surface area contributed by atoms with Gasteiger partial charge in [-0.15, -0.1) is 0 Å². The van der Waals surface area contributed by atoms with Crippen molar-refractivity contribution in [3.63, 3.8) is 0 Å². The number of fused-ring (bicyclic) bond motifs is 1. The molecule has 94 valence electrons. The molecule has 0 amide bonds. The van der Waals surface area contributed by atoms with Crippen molar-refractivity contribution < 1.29 is 0 Å². The largest absolute Gasteiger partial charge is 0.325 e. The minimum atomic E-state index is 0.0218. The highest BCUT2D eigenvalue weighted by atomic mass is 15.1. The second-order valence-corrected chi connectivity index (χ2v) is 6.01. The van der Waals surface area contributed by atoms with Crippen LogP contribution in [0.5, 0.6) is 0 Å². The minimum absolute atomic E-state index is 0.0218. The van der Waals surface area contributed by atoms with E-state index in [1.165, 1.54) is 30.6 Å². The van der Waals surface area contributed by atoms with Crippen molar-refractivity contribution in [3.8, 4) is 0 Å². The van der Waals surface area contributed by atoms with E-state index < -0.39 is 0 Å². The zero-order chi connectivity index (χ0) is 12.2. The molecule has 2 fully saturated rings. The van der Waals surface area contributed by atoms with E-state index in [2.05, 4.69) is 28.8 Å². The van der Waals surface area contributed by atoms with Crippen LogP contribution < -0.4 is 5.73 Å². The lowest BCUT2D eigenvalue weighted by Crippen LogP contribution is -2.48. The molecule has 0 unspecified atom stereocenters. The average molecular weight is 241 g/mol. The summed E-state index contributed by atoms with van der Waals surface area (Å²) in [6.45, 7) is 0. The average Bonchev–Trinajstić information content (AvgIpc) is 3.09. The van der Waals surface area contributed by atoms with Gasteiger partial charge in [0.25, 0.3) is 0 Å². The van der Waals surface area contributed by atoms with Crippen molar-refractivity contribution in [2.75, 3.05) is 0 Å². The van der Waals surface area contributed by atoms with E-state index in [-0.39, 0.29) is 5.54 Å². The summed E-state index contributed by atoms with van der Waals surface area (Å²) in [5.74, 6) is 1.21. The summed E-state index contributed by atoms with van der Waals surface area (Å²) in [5, 5.41) is 0. The van der Waals surface area contributed by atoms with Crippen LogP contribution in [0.25, 0.3) is 11.0 Å². The van der Waals surface area contributed by atoms with E-state index in [1.807, 2.05) is 0 Å². The number of benzene rings is 1. The van der Waals surface area contributed by atoms with Crippen molar-refractivity contribution in [2.45, 2.75) is 50.1 Å². The van der Waals surface area contributed by atoms with Crippen LogP contribution in [0.3, 0.4) is 0 Å². The third kappa shape index (κ3) is 1.57. The second-order valence-electron chi connectivity index (χ2n) is 6.01. The fourth-order valence-corrected chi connectivity index (χ4v) is 3.08. The number of para-hydroxylation sites is 2. The Morgan fingerprint density at radius 3 is 2.72 bits per heavy atom. The third-order valence-electron chi connectivity index (χ3n) is 4.44. The molecule has 2 aliphatic carbocycles. The Labute approximate surface area is 107 Å². The fraction of sp³-hybridized carbons (Fsp3) is 0.533. The maximum atomic E-state index is 6.39. The van der Waals surface area contributed by atoms with Gasteiger partial charge in [-0.05, 0) is 44.2 Å². The highest BCUT2D eigenvalue weighted by molar-refractivity contribution is 5.76. The first-order valence-corrected chi connectivity index (χ1v) is 7.00. The molecular formula is C15H19N3. The van der Waals surface area contributed by atoms with Crippen molar-refractivity contribution >= 4 is 11.0 Å². The van der Waals surface area contributed by atoms with Gasteiger partial charge in [-0.3, -0.25) is 0 Å². The number of imidazole rings is 1. The molecule has 3 nitrogen and oxygen atoms in total. The fourth-order valence-electron chi connectivity index (χ4n) is 3.08. The summed E-state index contributed by atoms with van der Waals surface area (Å²) in [6.07, 6.45) is 7.12. The first kappa shape index (κ1) is 10.6. The van der Waals surface area contributed by atoms with Crippen molar-refractivity contribution in [1.82, 2.24) is 9.55 Å². The van der Waals surface area contributed by atoms with Crippen LogP contribution in [0, 0.1) is 0 Å². The zero-order valence-corrected chi connectivity index (χ0v) is 10.6. The van der Waals surface area contributed by atoms with Gasteiger partial charge in [0.2, 0.25) is 0 Å². The van der Waals surface area contributed by atoms with Crippen LogP contribution in [0.2, 0.25) is 0 Å². The van der Waals surface area contributed by atoms with Crippen LogP contribution in [0.4, 0.5) is 0 Å². The van der Waals surface area contributed by atoms with Gasteiger partial charge in [0.05, 0.1) is 11.0 Å². The van der Waals surface area contributed by atoms with Gasteiger partial charge in [-0.1, -0.05) is 12.1 Å². The van der Waals surface area contributed by atoms with Gasteiger partial charge >= 0.3 is 0 Å². The first-order valence-electron chi connectivity index (χ1n) is 7.00. The standard InChI is InChI=1S/C15H19N3/c16-15(8-3-9-15)10-14-17-12-4-1-2-5-13(12)18(14)11-6-7-11/h1-2,4-5,11H,3,6-10,16H2. The molecule has 0 spiro atoms. The smallest absolute Gasteiger partial charge is 0.111 e. The molecule has 2 N–H and O–H groups in total. The lowest BCUT2D eigenvalue weighted by molar-refractivity contribution is 0.241. The summed E-state index contributed by atoms with van der Waals surface area (Å²) >= 11 is 0. The highest BCUT2D eigenvalue weighted by Crippen LogP contribution is 2.40. The monoisotopic (exact) mass is 241 g/mol. The Morgan fingerprint density at radius 1 is 1.28 bits per heavy atom. The molecule has 4 rings (SSSR count). The molecule has 1 aromatic carbocycles. The maximum Gasteiger partial charge on any atom is 0.111 e. The van der Waals surface area contributed by atoms with Crippen LogP contribution in [0.15, 0.2) is 24.3 Å². The number of rotatable bonds is 3. The van der Waals surface area contributed by atoms with Crippen molar-refractivity contribution in [3.05, 3.63) is 30.1 Å². The number of aromatic nitrogens is 2. The van der Waals surface area contributed by atoms with E-state index in [0.717, 1.165) is 24.8 Å². The molecule has 18 heavy (non-hydrogen) atoms. The Balaban J connectivity index is 1.80. The van der Waals surface area contributed by atoms with E-state index in [9.17, 15) is 0 Å². The molecule has 2 aliphatic rings. The molecule has 2 aromatic rings. The van der Waals surface area contributed by atoms with Gasteiger partial charge in [0.15, 0.2) is 0 Å². The predicted molar refractivity (Wildman–Crippen MR) is 72.5 cm³/mol. The van der Waals surface area contributed by atoms with Crippen LogP contribution in [0.1, 0.15) is 44.0 Å². The summed E-state index contributed by atoms with van der Waals surface area (Å²) in [7, 11) is 0. The first-order chi connectivity index (χ1) is 8.75. The number of hydrogen-bond acceptors (Lipinski definition) is 2. The van der Waals surface area contributed by atoms with Crippen LogP contribution in [-0.4, -0.2) is 15.1 Å². The lowest BCUT2D eigenvalue weighted by Gasteiger charge is -2.37. The van der Waals surface area contributed by atoms with E-state index in [4.69, 9.17) is 10.7 Å². The molecule has 0 aliphatic heterocycles. The Bertz CT molecular complexity index is 591. The Morgan fingerprint density at radius 2 is 2.06 bits per heavy atom. The maximum absolute atomic E-state index is 6.39. The van der Waals surface area contributed by atoms with Crippen LogP contribution >= 0.6 is 0 Å². The molecular weight excluding hydrogens is 222 g/mol. The summed E-state index contributed by atoms with van der Waals surface area (Å²) in [4.78, 5) is 4.82. The predicted octanol–water partition coefficient (Wildman–Crippen LogP) is 2.80. The van der Waals surface area contributed by atoms with E-state index in [1.54, 1.807) is 0 Å². The summed E-state index contributed by atoms with van der Waals surface area (Å²) < 4.78 is 2.45. The number of nitrogens with zero attached hydrogens (tertiary/aromatic N) is 2. The van der Waals surface area contributed by atoms with Gasteiger partial charge in [0, 0.05) is 18.0 Å². The van der Waals surface area contributed by atoms with Gasteiger partial charge in [-0.25, -0.2) is 4.98 Å². The van der Waals surface area contributed by atoms with Crippen LogP contribution in [-0.2, 0) is 6.42 Å². The third-order valence-corrected chi connectivity index (χ3v) is 4.44. The minimum Gasteiger partial charge on any atom is -0.325 e. The second kappa shape index (κ2) is 3.58. The normalized spacial score (nSPS) is 22.1. The van der Waals surface area contributed by atoms with Crippen molar-refractivity contribution in [2.24, 2.45) is 5.73 Å². The Kier molecular flexibility index (Phi) is 2.10. The SMILES string of the molecule is NC1(Cc2nc3ccccc3n2C2CC2)CCC1. The van der Waals surface area contributed by atoms with Gasteiger partial charge in [-0.2, -0.15) is 0 Å². The van der Waals surface area contributed by atoms with E-state index >= 15 is 0 Å². The van der Waals surface area contributed by atoms with Crippen molar-refractivity contribution in [1.29, 1.82) is 0 Å². The molecule has 1 heterocycles. The molecule has 0 atom stereocenters. The molecule has 0 radical (unpaired) electrons. The van der Waals surface area contributed by atoms with E-state index in [0.29, 0.717) is 6.04 Å². The molecule has 1 aromatic heterocycles. The molecule has 0 bridgehead atoms. The summed E-state index contributed by atoms with van der Waals surface area (Å²) in [5.41, 5.74) is 8.83. The van der Waals surface area contributed by atoms with Gasteiger partial charge < -0.3 is 10.3 Å².